The maximum absolute atomic E-state index is 12.3. The minimum Gasteiger partial charge on any atom is -0.496 e. The number of hydrazine groups is 1. The highest BCUT2D eigenvalue weighted by Gasteiger charge is 2.14. The summed E-state index contributed by atoms with van der Waals surface area (Å²) in [6.07, 6.45) is 0. The van der Waals surface area contributed by atoms with Gasteiger partial charge < -0.3 is 14.2 Å². The van der Waals surface area contributed by atoms with E-state index in [2.05, 4.69) is 32.1 Å². The van der Waals surface area contributed by atoms with Crippen molar-refractivity contribution in [3.63, 3.8) is 0 Å². The molecule has 2 rings (SSSR count). The van der Waals surface area contributed by atoms with E-state index in [1.807, 2.05) is 0 Å². The van der Waals surface area contributed by atoms with Gasteiger partial charge in [-0.1, -0.05) is 28.1 Å². The summed E-state index contributed by atoms with van der Waals surface area (Å²) in [5, 5.41) is 2.37. The number of hydrogen-bond donors (Lipinski definition) is 3. The van der Waals surface area contributed by atoms with Gasteiger partial charge in [-0.15, -0.1) is 0 Å². The third-order valence-corrected chi connectivity index (χ3v) is 4.07. The smallest absolute Gasteiger partial charge is 0.276 e. The molecule has 3 N–H and O–H groups in total. The van der Waals surface area contributed by atoms with Crippen LogP contribution in [-0.4, -0.2) is 37.8 Å². The molecule has 8 nitrogen and oxygen atoms in total. The molecule has 0 atom stereocenters. The molecule has 2 aromatic carbocycles. The van der Waals surface area contributed by atoms with Crippen molar-refractivity contribution in [2.24, 2.45) is 0 Å². The highest BCUT2D eigenvalue weighted by atomic mass is 79.9. The highest BCUT2D eigenvalue weighted by molar-refractivity contribution is 9.10. The minimum atomic E-state index is -0.498. The molecule has 0 fully saturated rings. The van der Waals surface area contributed by atoms with Crippen molar-refractivity contribution in [2.75, 3.05) is 20.8 Å². The van der Waals surface area contributed by atoms with Gasteiger partial charge in [-0.2, -0.15) is 0 Å². The van der Waals surface area contributed by atoms with Crippen molar-refractivity contribution in [3.8, 4) is 17.2 Å². The fraction of sp³-hybridized carbons (Fsp3) is 0.167. The Bertz CT molecular complexity index is 878. The molecule has 2 amide bonds. The van der Waals surface area contributed by atoms with Gasteiger partial charge in [0.1, 0.15) is 5.75 Å². The van der Waals surface area contributed by atoms with E-state index < -0.39 is 11.8 Å². The van der Waals surface area contributed by atoms with Crippen LogP contribution in [-0.2, 0) is 4.79 Å². The number of nitrogens with one attached hydrogen (secondary N) is 3. The number of rotatable bonds is 6. The summed E-state index contributed by atoms with van der Waals surface area (Å²) < 4.78 is 16.4. The summed E-state index contributed by atoms with van der Waals surface area (Å²) in [6, 6.07) is 11.9. The van der Waals surface area contributed by atoms with Crippen LogP contribution in [0, 0.1) is 0 Å². The molecule has 0 aliphatic carbocycles. The number of carbonyl (C=O) groups is 2. The van der Waals surface area contributed by atoms with Gasteiger partial charge in [0.25, 0.3) is 11.8 Å². The summed E-state index contributed by atoms with van der Waals surface area (Å²) >= 11 is 8.30. The number of hydrogen-bond acceptors (Lipinski definition) is 6. The molecule has 0 saturated carbocycles. The largest absolute Gasteiger partial charge is 0.496 e. The standard InChI is InChI=1S/C18H18BrN3O5S/c1-25-13-8-7-11(19)9-12(13)17(24)20-18(28)22-21-16(23)10-27-15-6-4-3-5-14(15)26-2/h3-9H,10H2,1-2H3,(H,21,23)(H2,20,22,24,28). The summed E-state index contributed by atoms with van der Waals surface area (Å²) in [5.41, 5.74) is 5.06. The second-order valence-electron chi connectivity index (χ2n) is 5.24. The summed E-state index contributed by atoms with van der Waals surface area (Å²) in [6.45, 7) is -0.274. The van der Waals surface area contributed by atoms with Gasteiger partial charge in [0, 0.05) is 4.47 Å². The van der Waals surface area contributed by atoms with Gasteiger partial charge in [-0.25, -0.2) is 0 Å². The van der Waals surface area contributed by atoms with Crippen molar-refractivity contribution < 1.29 is 23.8 Å². The third kappa shape index (κ3) is 6.10. The SMILES string of the molecule is COc1ccccc1OCC(=O)NNC(=S)NC(=O)c1cc(Br)ccc1OC. The lowest BCUT2D eigenvalue weighted by atomic mass is 10.2. The first-order valence-electron chi connectivity index (χ1n) is 7.94. The Balaban J connectivity index is 1.82. The number of benzene rings is 2. The van der Waals surface area contributed by atoms with Crippen LogP contribution in [0.25, 0.3) is 0 Å². The van der Waals surface area contributed by atoms with E-state index in [0.717, 1.165) is 0 Å². The van der Waals surface area contributed by atoms with E-state index in [0.29, 0.717) is 21.7 Å². The van der Waals surface area contributed by atoms with Crippen LogP contribution < -0.4 is 30.4 Å². The zero-order valence-electron chi connectivity index (χ0n) is 15.1. The van der Waals surface area contributed by atoms with Crippen LogP contribution in [0.5, 0.6) is 17.2 Å². The number of carbonyl (C=O) groups excluding carboxylic acids is 2. The molecular formula is C18H18BrN3O5S. The second kappa shape index (κ2) is 10.5. The fourth-order valence-corrected chi connectivity index (χ4v) is 2.61. The van der Waals surface area contributed by atoms with Crippen molar-refractivity contribution in [2.45, 2.75) is 0 Å². The van der Waals surface area contributed by atoms with E-state index in [-0.39, 0.29) is 17.3 Å². The van der Waals surface area contributed by atoms with Crippen molar-refractivity contribution in [1.82, 2.24) is 16.2 Å². The molecule has 0 radical (unpaired) electrons. The lowest BCUT2D eigenvalue weighted by Gasteiger charge is -2.13. The number of ether oxygens (including phenoxy) is 3. The van der Waals surface area contributed by atoms with E-state index in [4.69, 9.17) is 26.4 Å². The highest BCUT2D eigenvalue weighted by Crippen LogP contribution is 2.25. The molecule has 148 valence electrons. The Morgan fingerprint density at radius 2 is 1.68 bits per heavy atom. The molecule has 0 aliphatic rings. The Hall–Kier alpha value is -2.85. The maximum Gasteiger partial charge on any atom is 0.276 e. The lowest BCUT2D eigenvalue weighted by molar-refractivity contribution is -0.123. The fourth-order valence-electron chi connectivity index (χ4n) is 2.10. The van der Waals surface area contributed by atoms with Gasteiger partial charge in [0.2, 0.25) is 0 Å². The number of amides is 2. The van der Waals surface area contributed by atoms with Crippen molar-refractivity contribution in [3.05, 3.63) is 52.5 Å². The van der Waals surface area contributed by atoms with Crippen LogP contribution in [0.15, 0.2) is 46.9 Å². The zero-order valence-corrected chi connectivity index (χ0v) is 17.5. The molecule has 0 aromatic heterocycles. The van der Waals surface area contributed by atoms with Crippen molar-refractivity contribution >= 4 is 45.1 Å². The Morgan fingerprint density at radius 1 is 1.00 bits per heavy atom. The summed E-state index contributed by atoms with van der Waals surface area (Å²) in [5.74, 6) is 0.335. The van der Waals surface area contributed by atoms with E-state index in [9.17, 15) is 9.59 Å². The van der Waals surface area contributed by atoms with Crippen molar-refractivity contribution in [1.29, 1.82) is 0 Å². The first-order chi connectivity index (χ1) is 13.4. The normalized spacial score (nSPS) is 9.82. The zero-order chi connectivity index (χ0) is 20.5. The molecule has 28 heavy (non-hydrogen) atoms. The molecule has 10 heteroatoms. The average molecular weight is 468 g/mol. The third-order valence-electron chi connectivity index (χ3n) is 3.38. The van der Waals surface area contributed by atoms with Crippen LogP contribution in [0.3, 0.4) is 0 Å². The van der Waals surface area contributed by atoms with Crippen LogP contribution in [0.4, 0.5) is 0 Å². The summed E-state index contributed by atoms with van der Waals surface area (Å²) in [7, 11) is 2.96. The maximum atomic E-state index is 12.3. The van der Waals surface area contributed by atoms with Crippen LogP contribution in [0.1, 0.15) is 10.4 Å². The van der Waals surface area contributed by atoms with E-state index in [1.54, 1.807) is 42.5 Å². The van der Waals surface area contributed by atoms with Crippen LogP contribution in [0.2, 0.25) is 0 Å². The second-order valence-corrected chi connectivity index (χ2v) is 6.56. The van der Waals surface area contributed by atoms with E-state index >= 15 is 0 Å². The van der Waals surface area contributed by atoms with E-state index in [1.165, 1.54) is 14.2 Å². The number of methoxy groups -OCH3 is 2. The molecule has 0 spiro atoms. The summed E-state index contributed by atoms with van der Waals surface area (Å²) in [4.78, 5) is 24.2. The topological polar surface area (TPSA) is 97.9 Å². The Kier molecular flexibility index (Phi) is 8.02. The Morgan fingerprint density at radius 3 is 2.36 bits per heavy atom. The first-order valence-corrected chi connectivity index (χ1v) is 9.14. The van der Waals surface area contributed by atoms with Gasteiger partial charge in [0.15, 0.2) is 23.2 Å². The molecule has 0 bridgehead atoms. The molecule has 0 aliphatic heterocycles. The lowest BCUT2D eigenvalue weighted by Crippen LogP contribution is -2.49. The molecule has 0 unspecified atom stereocenters. The average Bonchev–Trinajstić information content (AvgIpc) is 2.70. The molecule has 0 saturated heterocycles. The molecule has 0 heterocycles. The number of thiocarbonyl (C=S) groups is 1. The van der Waals surface area contributed by atoms with Gasteiger partial charge in [-0.3, -0.25) is 25.8 Å². The minimum absolute atomic E-state index is 0.0855. The quantitative estimate of drug-likeness (QED) is 0.442. The number of para-hydroxylation sites is 2. The monoisotopic (exact) mass is 467 g/mol. The predicted molar refractivity (Wildman–Crippen MR) is 111 cm³/mol. The Labute approximate surface area is 175 Å². The molecular weight excluding hydrogens is 450 g/mol. The molecule has 2 aromatic rings. The van der Waals surface area contributed by atoms with Gasteiger partial charge in [0.05, 0.1) is 19.8 Å². The van der Waals surface area contributed by atoms with Gasteiger partial charge in [-0.05, 0) is 42.5 Å². The number of halogens is 1. The first kappa shape index (κ1) is 21.5. The van der Waals surface area contributed by atoms with Gasteiger partial charge >= 0.3 is 0 Å². The van der Waals surface area contributed by atoms with Crippen LogP contribution >= 0.6 is 28.1 Å². The predicted octanol–water partition coefficient (Wildman–Crippen LogP) is 2.18.